The van der Waals surface area contributed by atoms with Crippen molar-refractivity contribution in [2.24, 2.45) is 0 Å². The molecule has 1 heterocycles. The number of esters is 1. The van der Waals surface area contributed by atoms with Gasteiger partial charge in [0, 0.05) is 5.56 Å². The minimum Gasteiger partial charge on any atom is -0.452 e. The standard InChI is InChI=1S/C28H26O4/c1-17-15-22-23(16-18(17)2)31-25(19-11-13-21(14-12-19)28(3,4)5)26(24(22)29)32-27(30)20-9-7-6-8-10-20/h6-16H,1-5H3. The van der Waals surface area contributed by atoms with E-state index in [2.05, 4.69) is 20.8 Å². The van der Waals surface area contributed by atoms with Gasteiger partial charge >= 0.3 is 5.97 Å². The van der Waals surface area contributed by atoms with Crippen molar-refractivity contribution in [2.45, 2.75) is 40.0 Å². The molecule has 0 N–H and O–H groups in total. The number of fused-ring (bicyclic) bond motifs is 1. The Bertz CT molecular complexity index is 1360. The third-order valence-electron chi connectivity index (χ3n) is 5.68. The van der Waals surface area contributed by atoms with E-state index >= 15 is 0 Å². The third kappa shape index (κ3) is 4.09. The normalized spacial score (nSPS) is 11.5. The maximum absolute atomic E-state index is 13.4. The van der Waals surface area contributed by atoms with Crippen LogP contribution in [0.15, 0.2) is 75.9 Å². The number of rotatable bonds is 3. The van der Waals surface area contributed by atoms with Crippen LogP contribution >= 0.6 is 0 Å². The van der Waals surface area contributed by atoms with Gasteiger partial charge in [-0.15, -0.1) is 0 Å². The fourth-order valence-corrected chi connectivity index (χ4v) is 3.56. The second-order valence-corrected chi connectivity index (χ2v) is 9.10. The summed E-state index contributed by atoms with van der Waals surface area (Å²) in [5, 5.41) is 0.388. The monoisotopic (exact) mass is 426 g/mol. The first kappa shape index (κ1) is 21.6. The molecule has 0 spiro atoms. The van der Waals surface area contributed by atoms with Crippen molar-refractivity contribution in [1.29, 1.82) is 0 Å². The number of hydrogen-bond donors (Lipinski definition) is 0. The molecule has 0 radical (unpaired) electrons. The van der Waals surface area contributed by atoms with Gasteiger partial charge in [-0.2, -0.15) is 0 Å². The van der Waals surface area contributed by atoms with Gasteiger partial charge in [0.25, 0.3) is 0 Å². The Morgan fingerprint density at radius 2 is 1.50 bits per heavy atom. The lowest BCUT2D eigenvalue weighted by Crippen LogP contribution is -2.16. The number of aryl methyl sites for hydroxylation is 2. The predicted molar refractivity (Wildman–Crippen MR) is 127 cm³/mol. The molecule has 0 aliphatic heterocycles. The molecular formula is C28H26O4. The van der Waals surface area contributed by atoms with Gasteiger partial charge in [-0.1, -0.05) is 63.2 Å². The summed E-state index contributed by atoms with van der Waals surface area (Å²) in [5.74, 6) is -0.456. The molecule has 0 amide bonds. The largest absolute Gasteiger partial charge is 0.452 e. The summed E-state index contributed by atoms with van der Waals surface area (Å²) in [5.41, 5.74) is 4.25. The number of ether oxygens (including phenoxy) is 1. The fourth-order valence-electron chi connectivity index (χ4n) is 3.56. The molecule has 0 saturated heterocycles. The van der Waals surface area contributed by atoms with E-state index in [-0.39, 0.29) is 22.4 Å². The van der Waals surface area contributed by atoms with Crippen LogP contribution in [0, 0.1) is 13.8 Å². The Morgan fingerprint density at radius 1 is 0.875 bits per heavy atom. The molecule has 0 aliphatic rings. The van der Waals surface area contributed by atoms with Crippen molar-refractivity contribution < 1.29 is 13.9 Å². The molecule has 0 fully saturated rings. The summed E-state index contributed by atoms with van der Waals surface area (Å²) in [4.78, 5) is 26.2. The van der Waals surface area contributed by atoms with Crippen LogP contribution in [0.3, 0.4) is 0 Å². The quantitative estimate of drug-likeness (QED) is 0.347. The van der Waals surface area contributed by atoms with Crippen LogP contribution in [0.25, 0.3) is 22.3 Å². The van der Waals surface area contributed by atoms with Gasteiger partial charge in [0.05, 0.1) is 10.9 Å². The average molecular weight is 427 g/mol. The van der Waals surface area contributed by atoms with Gasteiger partial charge in [-0.25, -0.2) is 4.79 Å². The average Bonchev–Trinajstić information content (AvgIpc) is 2.77. The van der Waals surface area contributed by atoms with Gasteiger partial charge in [-0.3, -0.25) is 4.79 Å². The lowest BCUT2D eigenvalue weighted by molar-refractivity contribution is 0.0731. The highest BCUT2D eigenvalue weighted by molar-refractivity contribution is 5.93. The predicted octanol–water partition coefficient (Wildman–Crippen LogP) is 6.59. The van der Waals surface area contributed by atoms with Crippen molar-refractivity contribution in [3.05, 3.63) is 99.2 Å². The van der Waals surface area contributed by atoms with Crippen LogP contribution in [-0.2, 0) is 5.41 Å². The number of carbonyl (C=O) groups is 1. The Labute approximate surface area is 187 Å². The van der Waals surface area contributed by atoms with Crippen LogP contribution < -0.4 is 10.2 Å². The van der Waals surface area contributed by atoms with Crippen molar-refractivity contribution in [1.82, 2.24) is 0 Å². The number of carbonyl (C=O) groups excluding carboxylic acids is 1. The van der Waals surface area contributed by atoms with Crippen molar-refractivity contribution in [3.63, 3.8) is 0 Å². The van der Waals surface area contributed by atoms with E-state index < -0.39 is 5.97 Å². The van der Waals surface area contributed by atoms with Crippen LogP contribution in [0.4, 0.5) is 0 Å². The van der Waals surface area contributed by atoms with Crippen LogP contribution in [-0.4, -0.2) is 5.97 Å². The molecule has 32 heavy (non-hydrogen) atoms. The molecule has 0 saturated carbocycles. The summed E-state index contributed by atoms with van der Waals surface area (Å²) in [6.07, 6.45) is 0. The molecule has 0 unspecified atom stereocenters. The van der Waals surface area contributed by atoms with Gasteiger partial charge < -0.3 is 9.15 Å². The van der Waals surface area contributed by atoms with E-state index in [4.69, 9.17) is 9.15 Å². The van der Waals surface area contributed by atoms with Gasteiger partial charge in [0.2, 0.25) is 11.2 Å². The molecule has 4 heteroatoms. The lowest BCUT2D eigenvalue weighted by atomic mass is 9.86. The minimum absolute atomic E-state index is 0.0139. The SMILES string of the molecule is Cc1cc2oc(-c3ccc(C(C)(C)C)cc3)c(OC(=O)c3ccccc3)c(=O)c2cc1C. The fraction of sp³-hybridized carbons (Fsp3) is 0.214. The van der Waals surface area contributed by atoms with Crippen LogP contribution in [0.5, 0.6) is 5.75 Å². The summed E-state index contributed by atoms with van der Waals surface area (Å²) in [6, 6.07) is 20.0. The van der Waals surface area contributed by atoms with Gasteiger partial charge in [0.1, 0.15) is 5.58 Å². The van der Waals surface area contributed by atoms with Crippen molar-refractivity contribution in [3.8, 4) is 17.1 Å². The zero-order chi connectivity index (χ0) is 23.0. The first-order valence-electron chi connectivity index (χ1n) is 10.6. The Hall–Kier alpha value is -3.66. The molecule has 4 rings (SSSR count). The second kappa shape index (κ2) is 8.12. The maximum atomic E-state index is 13.4. The van der Waals surface area contributed by atoms with Crippen molar-refractivity contribution >= 4 is 16.9 Å². The van der Waals surface area contributed by atoms with E-state index in [9.17, 15) is 9.59 Å². The molecule has 0 atom stereocenters. The van der Waals surface area contributed by atoms with E-state index in [1.807, 2.05) is 50.2 Å². The smallest absolute Gasteiger partial charge is 0.343 e. The van der Waals surface area contributed by atoms with Crippen LogP contribution in [0.1, 0.15) is 47.8 Å². The molecule has 1 aromatic heterocycles. The molecule has 0 bridgehead atoms. The zero-order valence-corrected chi connectivity index (χ0v) is 19.0. The number of hydrogen-bond acceptors (Lipinski definition) is 4. The summed E-state index contributed by atoms with van der Waals surface area (Å²) in [6.45, 7) is 10.3. The first-order chi connectivity index (χ1) is 15.1. The summed E-state index contributed by atoms with van der Waals surface area (Å²) >= 11 is 0. The van der Waals surface area contributed by atoms with E-state index in [1.54, 1.807) is 30.3 Å². The summed E-state index contributed by atoms with van der Waals surface area (Å²) < 4.78 is 11.8. The van der Waals surface area contributed by atoms with E-state index in [0.29, 0.717) is 22.1 Å². The minimum atomic E-state index is -0.603. The summed E-state index contributed by atoms with van der Waals surface area (Å²) in [7, 11) is 0. The Balaban J connectivity index is 1.91. The second-order valence-electron chi connectivity index (χ2n) is 9.10. The van der Waals surface area contributed by atoms with E-state index in [1.165, 1.54) is 0 Å². The van der Waals surface area contributed by atoms with E-state index in [0.717, 1.165) is 16.7 Å². The Morgan fingerprint density at radius 3 is 2.12 bits per heavy atom. The molecular weight excluding hydrogens is 400 g/mol. The highest BCUT2D eigenvalue weighted by Gasteiger charge is 2.22. The molecule has 4 aromatic rings. The highest BCUT2D eigenvalue weighted by Crippen LogP contribution is 2.34. The maximum Gasteiger partial charge on any atom is 0.343 e. The molecule has 0 aliphatic carbocycles. The van der Waals surface area contributed by atoms with Crippen LogP contribution in [0.2, 0.25) is 0 Å². The molecule has 162 valence electrons. The zero-order valence-electron chi connectivity index (χ0n) is 19.0. The first-order valence-corrected chi connectivity index (χ1v) is 10.6. The Kier molecular flexibility index (Phi) is 5.47. The van der Waals surface area contributed by atoms with Gasteiger partial charge in [-0.05, 0) is 60.2 Å². The molecule has 4 nitrogen and oxygen atoms in total. The highest BCUT2D eigenvalue weighted by atomic mass is 16.5. The van der Waals surface area contributed by atoms with Crippen molar-refractivity contribution in [2.75, 3.05) is 0 Å². The molecule has 3 aromatic carbocycles. The van der Waals surface area contributed by atoms with Gasteiger partial charge in [0.15, 0.2) is 5.76 Å². The topological polar surface area (TPSA) is 56.5 Å². The number of benzene rings is 3. The third-order valence-corrected chi connectivity index (χ3v) is 5.68. The lowest BCUT2D eigenvalue weighted by Gasteiger charge is -2.19.